The quantitative estimate of drug-likeness (QED) is 0.630. The monoisotopic (exact) mass is 227 g/mol. The fraction of sp³-hybridized carbons (Fsp3) is 0.385. The zero-order chi connectivity index (χ0) is 12.6. The van der Waals surface area contributed by atoms with Crippen molar-refractivity contribution >= 4 is 11.6 Å². The molecule has 0 saturated carbocycles. The molecule has 0 amide bonds. The Kier molecular flexibility index (Phi) is 9.19. The highest BCUT2D eigenvalue weighted by molar-refractivity contribution is 6.31. The van der Waals surface area contributed by atoms with Gasteiger partial charge in [0.2, 0.25) is 0 Å². The number of likely N-dealkylation sites (N-methyl/N-ethyl adjacent to an activating group) is 1. The second-order valence-corrected chi connectivity index (χ2v) is 3.39. The Morgan fingerprint density at radius 1 is 1.20 bits per heavy atom. The maximum absolute atomic E-state index is 5.87. The van der Waals surface area contributed by atoms with E-state index in [1.807, 2.05) is 39.6 Å². The molecule has 0 atom stereocenters. The molecule has 0 aromatic rings. The molecule has 0 heterocycles. The lowest BCUT2D eigenvalue weighted by atomic mass is 10.2. The standard InChI is InChI=1S/C11H16ClN.C2H6/c1-7-9(4)11(10(5)12)13(6)8(2)3;1-2/h7H,1-2,5H2,3-4,6H3;1-2H3/b11-9+;. The molecular formula is C13H22ClN. The summed E-state index contributed by atoms with van der Waals surface area (Å²) in [6.07, 6.45) is 1.75. The van der Waals surface area contributed by atoms with Crippen LogP contribution in [-0.2, 0) is 0 Å². The van der Waals surface area contributed by atoms with E-state index >= 15 is 0 Å². The lowest BCUT2D eigenvalue weighted by Gasteiger charge is -2.23. The fourth-order valence-corrected chi connectivity index (χ4v) is 1.22. The molecule has 0 aromatic heterocycles. The van der Waals surface area contributed by atoms with Crippen molar-refractivity contribution < 1.29 is 0 Å². The van der Waals surface area contributed by atoms with Crippen LogP contribution in [0.2, 0.25) is 0 Å². The number of hydrogen-bond donors (Lipinski definition) is 0. The highest BCUT2D eigenvalue weighted by Gasteiger charge is 2.09. The summed E-state index contributed by atoms with van der Waals surface area (Å²) >= 11 is 5.87. The zero-order valence-corrected chi connectivity index (χ0v) is 11.3. The van der Waals surface area contributed by atoms with Crippen LogP contribution >= 0.6 is 11.6 Å². The van der Waals surface area contributed by atoms with Crippen molar-refractivity contribution in [3.05, 3.63) is 47.8 Å². The largest absolute Gasteiger partial charge is 0.348 e. The number of rotatable bonds is 4. The highest BCUT2D eigenvalue weighted by Crippen LogP contribution is 2.23. The zero-order valence-electron chi connectivity index (χ0n) is 10.5. The van der Waals surface area contributed by atoms with Crippen LogP contribution in [0.5, 0.6) is 0 Å². The minimum atomic E-state index is 0.503. The van der Waals surface area contributed by atoms with Crippen molar-refractivity contribution in [2.24, 2.45) is 0 Å². The summed E-state index contributed by atoms with van der Waals surface area (Å²) in [5.74, 6) is 0. The van der Waals surface area contributed by atoms with E-state index in [2.05, 4.69) is 19.7 Å². The van der Waals surface area contributed by atoms with E-state index in [1.165, 1.54) is 0 Å². The van der Waals surface area contributed by atoms with Crippen LogP contribution in [0.1, 0.15) is 27.7 Å². The molecule has 86 valence electrons. The van der Waals surface area contributed by atoms with E-state index in [-0.39, 0.29) is 0 Å². The summed E-state index contributed by atoms with van der Waals surface area (Å²) in [6, 6.07) is 0. The molecule has 0 N–H and O–H groups in total. The third-order valence-corrected chi connectivity index (χ3v) is 2.02. The summed E-state index contributed by atoms with van der Waals surface area (Å²) < 4.78 is 0. The van der Waals surface area contributed by atoms with Gasteiger partial charge in [-0.25, -0.2) is 0 Å². The van der Waals surface area contributed by atoms with Crippen molar-refractivity contribution in [3.8, 4) is 0 Å². The number of halogens is 1. The van der Waals surface area contributed by atoms with E-state index in [4.69, 9.17) is 11.6 Å². The number of hydrogen-bond acceptors (Lipinski definition) is 1. The Hall–Kier alpha value is -0.950. The van der Waals surface area contributed by atoms with E-state index in [1.54, 1.807) is 6.08 Å². The second-order valence-electron chi connectivity index (χ2n) is 2.93. The minimum absolute atomic E-state index is 0.503. The van der Waals surface area contributed by atoms with Crippen LogP contribution < -0.4 is 0 Å². The fourth-order valence-electron chi connectivity index (χ4n) is 0.948. The summed E-state index contributed by atoms with van der Waals surface area (Å²) in [7, 11) is 1.90. The van der Waals surface area contributed by atoms with Gasteiger partial charge >= 0.3 is 0 Å². The van der Waals surface area contributed by atoms with E-state index in [0.717, 1.165) is 17.0 Å². The molecule has 0 saturated heterocycles. The van der Waals surface area contributed by atoms with Gasteiger partial charge in [0.05, 0.1) is 10.7 Å². The Morgan fingerprint density at radius 2 is 1.60 bits per heavy atom. The predicted molar refractivity (Wildman–Crippen MR) is 71.8 cm³/mol. The molecule has 0 rings (SSSR count). The molecule has 1 nitrogen and oxygen atoms in total. The van der Waals surface area contributed by atoms with Crippen molar-refractivity contribution in [2.45, 2.75) is 27.7 Å². The van der Waals surface area contributed by atoms with Gasteiger partial charge in [-0.15, -0.1) is 0 Å². The Labute approximate surface area is 99.4 Å². The third-order valence-electron chi connectivity index (χ3n) is 1.84. The van der Waals surface area contributed by atoms with Gasteiger partial charge in [-0.3, -0.25) is 0 Å². The van der Waals surface area contributed by atoms with Gasteiger partial charge < -0.3 is 4.90 Å². The normalized spacial score (nSPS) is 10.5. The van der Waals surface area contributed by atoms with Crippen molar-refractivity contribution in [2.75, 3.05) is 7.05 Å². The summed E-state index contributed by atoms with van der Waals surface area (Å²) in [5.41, 5.74) is 2.77. The molecule has 0 fully saturated rings. The van der Waals surface area contributed by atoms with Gasteiger partial charge in [0.25, 0.3) is 0 Å². The first-order valence-corrected chi connectivity index (χ1v) is 5.37. The molecule has 0 aromatic carbocycles. The van der Waals surface area contributed by atoms with Gasteiger partial charge in [-0.1, -0.05) is 51.3 Å². The molecule has 0 bridgehead atoms. The molecule has 0 aliphatic rings. The lowest BCUT2D eigenvalue weighted by molar-refractivity contribution is 0.533. The SMILES string of the molecule is C=C/C(C)=C(\C(=C)Cl)N(C)C(=C)C.CC. The minimum Gasteiger partial charge on any atom is -0.348 e. The van der Waals surface area contributed by atoms with E-state index in [9.17, 15) is 0 Å². The van der Waals surface area contributed by atoms with Gasteiger partial charge in [0, 0.05) is 12.7 Å². The Morgan fingerprint density at radius 3 is 1.80 bits per heavy atom. The highest BCUT2D eigenvalue weighted by atomic mass is 35.5. The number of nitrogens with zero attached hydrogens (tertiary/aromatic N) is 1. The molecule has 0 aliphatic carbocycles. The average Bonchev–Trinajstić information content (AvgIpc) is 2.20. The molecule has 0 spiro atoms. The van der Waals surface area contributed by atoms with Crippen LogP contribution in [0.15, 0.2) is 47.8 Å². The molecule has 0 radical (unpaired) electrons. The third kappa shape index (κ3) is 5.48. The summed E-state index contributed by atoms with van der Waals surface area (Å²) in [6.45, 7) is 19.1. The van der Waals surface area contributed by atoms with Crippen LogP contribution in [0.25, 0.3) is 0 Å². The van der Waals surface area contributed by atoms with Gasteiger partial charge in [0.15, 0.2) is 0 Å². The van der Waals surface area contributed by atoms with Crippen LogP contribution in [-0.4, -0.2) is 11.9 Å². The first-order chi connectivity index (χ1) is 6.91. The van der Waals surface area contributed by atoms with Gasteiger partial charge in [-0.05, 0) is 19.4 Å². The summed E-state index contributed by atoms with van der Waals surface area (Å²) in [5, 5.41) is 0.503. The second kappa shape index (κ2) is 8.37. The smallest absolute Gasteiger partial charge is 0.0618 e. The first-order valence-electron chi connectivity index (χ1n) is 4.99. The van der Waals surface area contributed by atoms with E-state index in [0.29, 0.717) is 5.03 Å². The maximum atomic E-state index is 5.87. The average molecular weight is 228 g/mol. The van der Waals surface area contributed by atoms with Crippen molar-refractivity contribution in [3.63, 3.8) is 0 Å². The number of allylic oxidation sites excluding steroid dienone is 4. The lowest BCUT2D eigenvalue weighted by Crippen LogP contribution is -2.16. The molecular weight excluding hydrogens is 206 g/mol. The Bertz CT molecular complexity index is 274. The van der Waals surface area contributed by atoms with E-state index < -0.39 is 0 Å². The molecule has 0 unspecified atom stereocenters. The molecule has 2 heteroatoms. The van der Waals surface area contributed by atoms with Crippen LogP contribution in [0.3, 0.4) is 0 Å². The summed E-state index contributed by atoms with van der Waals surface area (Å²) in [4.78, 5) is 1.90. The van der Waals surface area contributed by atoms with Crippen molar-refractivity contribution in [1.82, 2.24) is 4.90 Å². The molecule has 15 heavy (non-hydrogen) atoms. The van der Waals surface area contributed by atoms with Crippen LogP contribution in [0.4, 0.5) is 0 Å². The van der Waals surface area contributed by atoms with Crippen LogP contribution in [0, 0.1) is 0 Å². The van der Waals surface area contributed by atoms with Gasteiger partial charge in [0.1, 0.15) is 0 Å². The van der Waals surface area contributed by atoms with Gasteiger partial charge in [-0.2, -0.15) is 0 Å². The first kappa shape index (κ1) is 16.5. The van der Waals surface area contributed by atoms with Crippen molar-refractivity contribution in [1.29, 1.82) is 0 Å². The maximum Gasteiger partial charge on any atom is 0.0618 e. The Balaban J connectivity index is 0. The topological polar surface area (TPSA) is 3.24 Å². The molecule has 0 aliphatic heterocycles. The predicted octanol–water partition coefficient (Wildman–Crippen LogP) is 4.69.